The fourth-order valence-electron chi connectivity index (χ4n) is 0.867. The molecule has 0 aliphatic heterocycles. The lowest BCUT2D eigenvalue weighted by molar-refractivity contribution is -0.0686. The molecule has 0 aliphatic rings. The summed E-state index contributed by atoms with van der Waals surface area (Å²) >= 11 is 0. The van der Waals surface area contributed by atoms with Gasteiger partial charge in [-0.3, -0.25) is 0 Å². The van der Waals surface area contributed by atoms with E-state index in [1.54, 1.807) is 0 Å². The summed E-state index contributed by atoms with van der Waals surface area (Å²) < 4.78 is 9.98. The van der Waals surface area contributed by atoms with E-state index in [2.05, 4.69) is 6.92 Å². The van der Waals surface area contributed by atoms with E-state index in [1.165, 1.54) is 19.3 Å². The first kappa shape index (κ1) is 11.9. The van der Waals surface area contributed by atoms with Crippen LogP contribution in [0.3, 0.4) is 0 Å². The quantitative estimate of drug-likeness (QED) is 0.397. The molecule has 0 rings (SSSR count). The summed E-state index contributed by atoms with van der Waals surface area (Å²) in [6.07, 6.45) is 4.82. The van der Waals surface area contributed by atoms with Gasteiger partial charge in [-0.05, 0) is 6.42 Å². The largest absolute Gasteiger partial charge is 0.355 e. The van der Waals surface area contributed by atoms with E-state index in [4.69, 9.17) is 9.47 Å². The van der Waals surface area contributed by atoms with Crippen LogP contribution in [0.4, 0.5) is 0 Å². The van der Waals surface area contributed by atoms with Crippen molar-refractivity contribution < 1.29 is 14.6 Å². The molecule has 0 amide bonds. The summed E-state index contributed by atoms with van der Waals surface area (Å²) in [5, 5.41) is 9.92. The highest BCUT2D eigenvalue weighted by atomic mass is 16.7. The lowest BCUT2D eigenvalue weighted by atomic mass is 10.2. The van der Waals surface area contributed by atoms with Gasteiger partial charge in [-0.25, -0.2) is 5.11 Å². The van der Waals surface area contributed by atoms with Crippen molar-refractivity contribution in [3.05, 3.63) is 0 Å². The Morgan fingerprint density at radius 3 is 2.42 bits per heavy atom. The minimum Gasteiger partial charge on any atom is -0.355 e. The second-order valence-electron chi connectivity index (χ2n) is 2.70. The summed E-state index contributed by atoms with van der Waals surface area (Å²) in [5.74, 6) is 0. The molecule has 3 heteroatoms. The summed E-state index contributed by atoms with van der Waals surface area (Å²) in [6, 6.07) is 0. The fourth-order valence-corrected chi connectivity index (χ4v) is 0.867. The average molecular weight is 175 g/mol. The molecule has 0 heterocycles. The molecule has 0 fully saturated rings. The van der Waals surface area contributed by atoms with Gasteiger partial charge < -0.3 is 9.47 Å². The minimum atomic E-state index is -0.181. The Kier molecular flexibility index (Phi) is 10.8. The minimum absolute atomic E-state index is 0.181. The van der Waals surface area contributed by atoms with Crippen LogP contribution >= 0.6 is 0 Å². The molecule has 0 aliphatic carbocycles. The summed E-state index contributed by atoms with van der Waals surface area (Å²) in [5.41, 5.74) is 0. The van der Waals surface area contributed by atoms with Crippen LogP contribution in [0.5, 0.6) is 0 Å². The SMILES string of the molecule is CCCCCCOCOCC[O]. The van der Waals surface area contributed by atoms with Crippen molar-refractivity contribution in [2.45, 2.75) is 32.6 Å². The lowest BCUT2D eigenvalue weighted by Crippen LogP contribution is -2.04. The molecule has 3 nitrogen and oxygen atoms in total. The molecular formula is C9H19O3. The van der Waals surface area contributed by atoms with Crippen molar-refractivity contribution >= 4 is 0 Å². The van der Waals surface area contributed by atoms with Crippen LogP contribution in [-0.4, -0.2) is 26.6 Å². The molecule has 1 radical (unpaired) electrons. The molecule has 0 aromatic heterocycles. The maximum atomic E-state index is 9.92. The van der Waals surface area contributed by atoms with E-state index >= 15 is 0 Å². The second-order valence-corrected chi connectivity index (χ2v) is 2.70. The maximum Gasteiger partial charge on any atom is 0.146 e. The zero-order valence-electron chi connectivity index (χ0n) is 7.88. The topological polar surface area (TPSA) is 38.4 Å². The van der Waals surface area contributed by atoms with Crippen molar-refractivity contribution in [1.82, 2.24) is 0 Å². The molecule has 0 saturated carbocycles. The summed E-state index contributed by atoms with van der Waals surface area (Å²) in [7, 11) is 0. The molecule has 0 unspecified atom stereocenters. The highest BCUT2D eigenvalue weighted by Gasteiger charge is 1.89. The molecular weight excluding hydrogens is 156 g/mol. The Hall–Kier alpha value is -0.120. The normalized spacial score (nSPS) is 10.5. The fraction of sp³-hybridized carbons (Fsp3) is 1.00. The smallest absolute Gasteiger partial charge is 0.146 e. The first-order valence-corrected chi connectivity index (χ1v) is 4.65. The van der Waals surface area contributed by atoms with Gasteiger partial charge in [0.05, 0.1) is 6.61 Å². The Balaban J connectivity index is 2.73. The molecule has 12 heavy (non-hydrogen) atoms. The van der Waals surface area contributed by atoms with Gasteiger partial charge in [0.1, 0.15) is 13.4 Å². The van der Waals surface area contributed by atoms with E-state index < -0.39 is 0 Å². The molecule has 0 N–H and O–H groups in total. The number of rotatable bonds is 9. The van der Waals surface area contributed by atoms with Crippen molar-refractivity contribution in [1.29, 1.82) is 0 Å². The third kappa shape index (κ3) is 9.88. The molecule has 0 spiro atoms. The molecule has 0 bridgehead atoms. The van der Waals surface area contributed by atoms with E-state index in [1.807, 2.05) is 0 Å². The van der Waals surface area contributed by atoms with Gasteiger partial charge in [-0.2, -0.15) is 0 Å². The van der Waals surface area contributed by atoms with E-state index in [0.29, 0.717) is 0 Å². The predicted molar refractivity (Wildman–Crippen MR) is 46.5 cm³/mol. The molecule has 0 aromatic carbocycles. The molecule has 0 atom stereocenters. The standard InChI is InChI=1S/C9H19O3/c1-2-3-4-5-7-11-9-12-8-6-10/h2-9H2,1H3. The second kappa shape index (κ2) is 10.9. The molecule has 0 saturated heterocycles. The predicted octanol–water partition coefficient (Wildman–Crippen LogP) is 1.99. The molecule has 73 valence electrons. The van der Waals surface area contributed by atoms with Crippen molar-refractivity contribution in [2.75, 3.05) is 26.6 Å². The van der Waals surface area contributed by atoms with Crippen molar-refractivity contribution in [2.24, 2.45) is 0 Å². The van der Waals surface area contributed by atoms with Crippen LogP contribution in [0, 0.1) is 0 Å². The number of unbranched alkanes of at least 4 members (excludes halogenated alkanes) is 3. The van der Waals surface area contributed by atoms with Crippen LogP contribution < -0.4 is 0 Å². The Labute approximate surface area is 74.7 Å². The van der Waals surface area contributed by atoms with Gasteiger partial charge >= 0.3 is 0 Å². The maximum absolute atomic E-state index is 9.92. The molecule has 0 aromatic rings. The van der Waals surface area contributed by atoms with Crippen LogP contribution in [0.25, 0.3) is 0 Å². The average Bonchev–Trinajstić information content (AvgIpc) is 2.10. The zero-order valence-corrected chi connectivity index (χ0v) is 7.88. The first-order chi connectivity index (χ1) is 5.91. The van der Waals surface area contributed by atoms with E-state index in [-0.39, 0.29) is 20.0 Å². The van der Waals surface area contributed by atoms with Gasteiger partial charge in [0.25, 0.3) is 0 Å². The van der Waals surface area contributed by atoms with Crippen molar-refractivity contribution in [3.8, 4) is 0 Å². The van der Waals surface area contributed by atoms with Crippen LogP contribution in [0.2, 0.25) is 0 Å². The van der Waals surface area contributed by atoms with Gasteiger partial charge in [-0.15, -0.1) is 0 Å². The van der Waals surface area contributed by atoms with Gasteiger partial charge in [0, 0.05) is 6.61 Å². The monoisotopic (exact) mass is 175 g/mol. The summed E-state index contributed by atoms with van der Waals surface area (Å²) in [4.78, 5) is 0. The van der Waals surface area contributed by atoms with Crippen LogP contribution in [0.15, 0.2) is 0 Å². The van der Waals surface area contributed by atoms with Crippen LogP contribution in [-0.2, 0) is 14.6 Å². The Morgan fingerprint density at radius 2 is 1.75 bits per heavy atom. The number of hydrogen-bond donors (Lipinski definition) is 0. The number of ether oxygens (including phenoxy) is 2. The first-order valence-electron chi connectivity index (χ1n) is 4.65. The van der Waals surface area contributed by atoms with E-state index in [0.717, 1.165) is 13.0 Å². The number of hydrogen-bond acceptors (Lipinski definition) is 2. The summed E-state index contributed by atoms with van der Waals surface area (Å²) in [6.45, 7) is 3.28. The third-order valence-electron chi connectivity index (χ3n) is 1.54. The Morgan fingerprint density at radius 1 is 1.00 bits per heavy atom. The third-order valence-corrected chi connectivity index (χ3v) is 1.54. The Bertz CT molecular complexity index is 66.2. The lowest BCUT2D eigenvalue weighted by Gasteiger charge is -2.03. The van der Waals surface area contributed by atoms with E-state index in [9.17, 15) is 5.11 Å². The van der Waals surface area contributed by atoms with Gasteiger partial charge in [-0.1, -0.05) is 26.2 Å². The zero-order chi connectivity index (χ0) is 9.07. The highest BCUT2D eigenvalue weighted by molar-refractivity contribution is 4.37. The highest BCUT2D eigenvalue weighted by Crippen LogP contribution is 1.98. The van der Waals surface area contributed by atoms with Crippen molar-refractivity contribution in [3.63, 3.8) is 0 Å². The van der Waals surface area contributed by atoms with Gasteiger partial charge in [0.15, 0.2) is 0 Å². The van der Waals surface area contributed by atoms with Crippen LogP contribution in [0.1, 0.15) is 32.6 Å². The van der Waals surface area contributed by atoms with Gasteiger partial charge in [0.2, 0.25) is 0 Å².